The summed E-state index contributed by atoms with van der Waals surface area (Å²) in [6.45, 7) is 8.62. The van der Waals surface area contributed by atoms with Crippen molar-refractivity contribution in [3.63, 3.8) is 0 Å². The number of ether oxygens (including phenoxy) is 1. The highest BCUT2D eigenvalue weighted by Gasteiger charge is 2.33. The Morgan fingerprint density at radius 1 is 1.00 bits per heavy atom. The second-order valence-electron chi connectivity index (χ2n) is 11.5. The molecule has 0 amide bonds. The average molecular weight is 655 g/mol. The maximum Gasteiger partial charge on any atom is 0.416 e. The van der Waals surface area contributed by atoms with Gasteiger partial charge < -0.3 is 10.5 Å². The van der Waals surface area contributed by atoms with Crippen LogP contribution in [-0.2, 0) is 26.4 Å². The highest BCUT2D eigenvalue weighted by Crippen LogP contribution is 2.48. The number of alkyl halides is 3. The van der Waals surface area contributed by atoms with Crippen LogP contribution in [0.1, 0.15) is 49.9 Å². The third-order valence-electron chi connectivity index (χ3n) is 7.38. The lowest BCUT2D eigenvalue weighted by molar-refractivity contribution is -0.137. The van der Waals surface area contributed by atoms with Gasteiger partial charge in [0.15, 0.2) is 5.84 Å². The molecule has 0 aliphatic carbocycles. The number of amidine groups is 2. The molecule has 0 bridgehead atoms. The number of nitrogens with zero attached hydrogens (tertiary/aromatic N) is 1. The Bertz CT molecular complexity index is 1950. The fourth-order valence-electron chi connectivity index (χ4n) is 5.33. The Balaban J connectivity index is 1.83. The van der Waals surface area contributed by atoms with Gasteiger partial charge in [0.25, 0.3) is 0 Å². The predicted octanol–water partition coefficient (Wildman–Crippen LogP) is 7.33. The van der Waals surface area contributed by atoms with Gasteiger partial charge in [0.1, 0.15) is 5.84 Å². The molecule has 5 rings (SSSR count). The fourth-order valence-corrected chi connectivity index (χ4v) is 8.22. The summed E-state index contributed by atoms with van der Waals surface area (Å²) in [4.78, 5) is 5.32. The Labute approximate surface area is 264 Å². The summed E-state index contributed by atoms with van der Waals surface area (Å²) in [7, 11) is -3.95. The van der Waals surface area contributed by atoms with E-state index in [0.29, 0.717) is 43.9 Å². The first kappa shape index (κ1) is 32.7. The van der Waals surface area contributed by atoms with Crippen LogP contribution < -0.4 is 10.5 Å². The van der Waals surface area contributed by atoms with Crippen LogP contribution in [0.2, 0.25) is 0 Å². The fraction of sp³-hybridized carbons (Fsp3) is 0.273. The lowest BCUT2D eigenvalue weighted by Crippen LogP contribution is -2.27. The maximum absolute atomic E-state index is 13.9. The van der Waals surface area contributed by atoms with Crippen molar-refractivity contribution in [2.45, 2.75) is 54.0 Å². The second kappa shape index (κ2) is 12.2. The van der Waals surface area contributed by atoms with Crippen LogP contribution in [0.4, 0.5) is 13.2 Å². The zero-order chi connectivity index (χ0) is 32.7. The number of nitrogens with one attached hydrogen (secondary N) is 2. The van der Waals surface area contributed by atoms with E-state index >= 15 is 0 Å². The van der Waals surface area contributed by atoms with E-state index in [9.17, 15) is 21.6 Å². The summed E-state index contributed by atoms with van der Waals surface area (Å²) in [5.41, 5.74) is 7.37. The molecule has 0 saturated heterocycles. The van der Waals surface area contributed by atoms with E-state index in [-0.39, 0.29) is 35.3 Å². The number of hydrogen-bond acceptors (Lipinski definition) is 6. The van der Waals surface area contributed by atoms with Crippen LogP contribution in [0.3, 0.4) is 0 Å². The molecule has 1 aliphatic rings. The van der Waals surface area contributed by atoms with Gasteiger partial charge in [0.2, 0.25) is 10.0 Å². The molecule has 4 aromatic carbocycles. The molecule has 0 atom stereocenters. The molecule has 0 spiro atoms. The van der Waals surface area contributed by atoms with Crippen molar-refractivity contribution in [3.05, 3.63) is 89.0 Å². The number of rotatable bonds is 9. The minimum atomic E-state index is -4.59. The highest BCUT2D eigenvalue weighted by atomic mass is 32.2. The second-order valence-corrected chi connectivity index (χ2v) is 14.3. The topological polar surface area (TPSA) is 118 Å². The lowest BCUT2D eigenvalue weighted by Gasteiger charge is -2.26. The Morgan fingerprint density at radius 3 is 2.42 bits per heavy atom. The van der Waals surface area contributed by atoms with E-state index in [4.69, 9.17) is 15.9 Å². The zero-order valence-electron chi connectivity index (χ0n) is 25.2. The van der Waals surface area contributed by atoms with Crippen LogP contribution in [0.15, 0.2) is 86.4 Å². The number of benzene rings is 4. The number of halogens is 3. The molecule has 0 aromatic heterocycles. The van der Waals surface area contributed by atoms with E-state index < -0.39 is 27.2 Å². The van der Waals surface area contributed by atoms with Crippen molar-refractivity contribution < 1.29 is 26.3 Å². The summed E-state index contributed by atoms with van der Waals surface area (Å²) in [6, 6.07) is 17.2. The standard InChI is InChI=1S/C33H33F3N4O3S2/c1-5-43-16-15-39-45(41,42)25-12-7-6-11-24(25)44-29-23(32(2,3)4)14-13-20-18-22-28(31(38)40-30(22)37)26(27(20)29)19-9-8-10-21(17-19)33(34,35)36/h6-14,17-18,39H,5,15-16H2,1-4H3,(H3,37,38,40). The quantitative estimate of drug-likeness (QED) is 0.163. The average Bonchev–Trinajstić information content (AvgIpc) is 3.26. The molecule has 0 unspecified atom stereocenters. The lowest BCUT2D eigenvalue weighted by atomic mass is 9.82. The Morgan fingerprint density at radius 2 is 1.73 bits per heavy atom. The Kier molecular flexibility index (Phi) is 8.89. The normalized spacial score (nSPS) is 13.8. The van der Waals surface area contributed by atoms with Gasteiger partial charge in [0, 0.05) is 45.0 Å². The van der Waals surface area contributed by atoms with Gasteiger partial charge in [-0.25, -0.2) is 18.1 Å². The van der Waals surface area contributed by atoms with Crippen LogP contribution in [0.5, 0.6) is 0 Å². The van der Waals surface area contributed by atoms with Crippen molar-refractivity contribution in [1.29, 1.82) is 5.41 Å². The minimum Gasteiger partial charge on any atom is -0.383 e. The van der Waals surface area contributed by atoms with E-state index in [1.807, 2.05) is 39.8 Å². The van der Waals surface area contributed by atoms with Gasteiger partial charge in [-0.2, -0.15) is 13.2 Å². The first-order valence-corrected chi connectivity index (χ1v) is 16.5. The van der Waals surface area contributed by atoms with Crippen LogP contribution >= 0.6 is 11.8 Å². The Hall–Kier alpha value is -3.71. The van der Waals surface area contributed by atoms with Crippen molar-refractivity contribution in [3.8, 4) is 11.1 Å². The first-order chi connectivity index (χ1) is 21.1. The van der Waals surface area contributed by atoms with Crippen molar-refractivity contribution >= 4 is 44.2 Å². The number of aliphatic imine (C=N–C) groups is 1. The number of hydrogen-bond donors (Lipinski definition) is 3. The summed E-state index contributed by atoms with van der Waals surface area (Å²) < 4.78 is 76.6. The third kappa shape index (κ3) is 6.51. The van der Waals surface area contributed by atoms with Crippen molar-refractivity contribution in [2.24, 2.45) is 10.7 Å². The summed E-state index contributed by atoms with van der Waals surface area (Å²) in [5, 5.41) is 9.70. The maximum atomic E-state index is 13.9. The van der Waals surface area contributed by atoms with Crippen LogP contribution in [0.25, 0.3) is 21.9 Å². The van der Waals surface area contributed by atoms with Gasteiger partial charge >= 0.3 is 6.18 Å². The number of nitrogens with two attached hydrogens (primary N) is 1. The molecule has 12 heteroatoms. The SMILES string of the molecule is CCOCCNS(=O)(=O)c1ccccc1Sc1c(C(C)(C)C)ccc2cc3c(c(-c4cccc(C(F)(F)F)c4)c12)C(N)=NC3=N. The molecule has 1 aliphatic heterocycles. The number of fused-ring (bicyclic) bond motifs is 2. The van der Waals surface area contributed by atoms with Gasteiger partial charge in [-0.3, -0.25) is 5.41 Å². The summed E-state index contributed by atoms with van der Waals surface area (Å²) >= 11 is 1.23. The van der Waals surface area contributed by atoms with Gasteiger partial charge in [-0.1, -0.05) is 68.9 Å². The molecule has 4 N–H and O–H groups in total. The smallest absolute Gasteiger partial charge is 0.383 e. The molecule has 236 valence electrons. The minimum absolute atomic E-state index is 0.0305. The predicted molar refractivity (Wildman–Crippen MR) is 173 cm³/mol. The van der Waals surface area contributed by atoms with Gasteiger partial charge in [0.05, 0.1) is 17.1 Å². The van der Waals surface area contributed by atoms with Crippen molar-refractivity contribution in [2.75, 3.05) is 19.8 Å². The zero-order valence-corrected chi connectivity index (χ0v) is 26.8. The van der Waals surface area contributed by atoms with E-state index in [2.05, 4.69) is 9.71 Å². The molecule has 0 saturated carbocycles. The van der Waals surface area contributed by atoms with E-state index in [1.165, 1.54) is 23.9 Å². The van der Waals surface area contributed by atoms with E-state index in [0.717, 1.165) is 17.7 Å². The van der Waals surface area contributed by atoms with Crippen molar-refractivity contribution in [1.82, 2.24) is 4.72 Å². The molecule has 7 nitrogen and oxygen atoms in total. The monoisotopic (exact) mass is 654 g/mol. The highest BCUT2D eigenvalue weighted by molar-refractivity contribution is 8.00. The third-order valence-corrected chi connectivity index (χ3v) is 10.2. The largest absolute Gasteiger partial charge is 0.416 e. The molecular weight excluding hydrogens is 622 g/mol. The summed E-state index contributed by atoms with van der Waals surface area (Å²) in [5.74, 6) is -0.0517. The van der Waals surface area contributed by atoms with Gasteiger partial charge in [-0.15, -0.1) is 0 Å². The summed E-state index contributed by atoms with van der Waals surface area (Å²) in [6.07, 6.45) is -4.59. The van der Waals surface area contributed by atoms with Crippen LogP contribution in [0, 0.1) is 5.41 Å². The van der Waals surface area contributed by atoms with E-state index in [1.54, 1.807) is 30.3 Å². The molecule has 0 radical (unpaired) electrons. The molecule has 4 aromatic rings. The number of sulfonamides is 1. The van der Waals surface area contributed by atoms with Crippen LogP contribution in [-0.4, -0.2) is 39.8 Å². The molecule has 45 heavy (non-hydrogen) atoms. The molecular formula is C33H33F3N4O3S2. The molecule has 0 fully saturated rings. The van der Waals surface area contributed by atoms with Gasteiger partial charge in [-0.05, 0) is 59.2 Å². The molecule has 1 heterocycles. The first-order valence-electron chi connectivity index (χ1n) is 14.2.